The van der Waals surface area contributed by atoms with Crippen molar-refractivity contribution in [1.82, 2.24) is 15.1 Å². The molecule has 2 heterocycles. The lowest BCUT2D eigenvalue weighted by Crippen LogP contribution is -2.50. The third-order valence-electron chi connectivity index (χ3n) is 6.31. The van der Waals surface area contributed by atoms with Crippen molar-refractivity contribution in [3.8, 4) is 22.8 Å². The number of carbonyl (C=O) groups is 1. The number of ether oxygens (including phenoxy) is 2. The van der Waals surface area contributed by atoms with Crippen LogP contribution in [0.5, 0.6) is 11.5 Å². The minimum atomic E-state index is -0.158. The minimum Gasteiger partial charge on any atom is -0.497 e. The summed E-state index contributed by atoms with van der Waals surface area (Å²) in [5.41, 5.74) is 6.30. The number of amides is 2. The van der Waals surface area contributed by atoms with Gasteiger partial charge in [-0.05, 0) is 67.8 Å². The Hall–Kier alpha value is -3.81. The molecule has 0 radical (unpaired) electrons. The highest BCUT2D eigenvalue weighted by atomic mass is 16.5. The van der Waals surface area contributed by atoms with Gasteiger partial charge in [0.05, 0.1) is 25.6 Å². The van der Waals surface area contributed by atoms with Crippen LogP contribution in [0.25, 0.3) is 11.3 Å². The highest BCUT2D eigenvalue weighted by Gasteiger charge is 2.23. The standard InChI is InChI=1S/C26H31N5O3/c1-17-14-19(3)21(15-18(17)2)22-8-9-25(29-28-22)30-10-12-31(13-11-30)26(32)27-23-7-6-20(33-4)16-24(23)34-5/h6-9,14-16H,10-13H2,1-5H3,(H,27,32). The molecule has 1 saturated heterocycles. The Morgan fingerprint density at radius 2 is 1.59 bits per heavy atom. The SMILES string of the molecule is COc1ccc(NC(=O)N2CCN(c3ccc(-c4cc(C)c(C)cc4C)nn3)CC2)c(OC)c1. The average Bonchev–Trinajstić information content (AvgIpc) is 2.86. The monoisotopic (exact) mass is 461 g/mol. The predicted molar refractivity (Wildman–Crippen MR) is 134 cm³/mol. The number of aromatic nitrogens is 2. The quantitative estimate of drug-likeness (QED) is 0.605. The van der Waals surface area contributed by atoms with Gasteiger partial charge in [0, 0.05) is 37.8 Å². The first kappa shape index (κ1) is 23.4. The molecule has 1 fully saturated rings. The van der Waals surface area contributed by atoms with E-state index in [1.165, 1.54) is 16.7 Å². The zero-order valence-electron chi connectivity index (χ0n) is 20.4. The van der Waals surface area contributed by atoms with Crippen LogP contribution in [0.1, 0.15) is 16.7 Å². The molecule has 0 saturated carbocycles. The van der Waals surface area contributed by atoms with E-state index in [0.29, 0.717) is 43.4 Å². The molecule has 8 heteroatoms. The molecule has 0 aliphatic carbocycles. The van der Waals surface area contributed by atoms with E-state index in [9.17, 15) is 4.79 Å². The van der Waals surface area contributed by atoms with Crippen molar-refractivity contribution in [1.29, 1.82) is 0 Å². The third kappa shape index (κ3) is 4.90. The Balaban J connectivity index is 1.37. The summed E-state index contributed by atoms with van der Waals surface area (Å²) in [5.74, 6) is 2.05. The number of hydrogen-bond donors (Lipinski definition) is 1. The number of benzene rings is 2. The average molecular weight is 462 g/mol. The maximum Gasteiger partial charge on any atom is 0.322 e. The third-order valence-corrected chi connectivity index (χ3v) is 6.31. The fourth-order valence-corrected chi connectivity index (χ4v) is 4.11. The van der Waals surface area contributed by atoms with Gasteiger partial charge < -0.3 is 24.6 Å². The Bertz CT molecular complexity index is 1170. The van der Waals surface area contributed by atoms with Gasteiger partial charge in [0.2, 0.25) is 0 Å². The van der Waals surface area contributed by atoms with E-state index in [-0.39, 0.29) is 6.03 Å². The second kappa shape index (κ2) is 9.99. The van der Waals surface area contributed by atoms with Crippen LogP contribution in [-0.2, 0) is 0 Å². The number of carbonyl (C=O) groups excluding carboxylic acids is 1. The number of hydrogen-bond acceptors (Lipinski definition) is 6. The van der Waals surface area contributed by atoms with Crippen LogP contribution in [0.2, 0.25) is 0 Å². The molecule has 8 nitrogen and oxygen atoms in total. The van der Waals surface area contributed by atoms with E-state index >= 15 is 0 Å². The second-order valence-corrected chi connectivity index (χ2v) is 8.50. The predicted octanol–water partition coefficient (Wildman–Crippen LogP) is 4.44. The zero-order valence-corrected chi connectivity index (χ0v) is 20.4. The second-order valence-electron chi connectivity index (χ2n) is 8.50. The van der Waals surface area contributed by atoms with Crippen molar-refractivity contribution >= 4 is 17.5 Å². The van der Waals surface area contributed by atoms with Crippen LogP contribution in [0, 0.1) is 20.8 Å². The van der Waals surface area contributed by atoms with Crippen molar-refractivity contribution in [3.63, 3.8) is 0 Å². The lowest BCUT2D eigenvalue weighted by Gasteiger charge is -2.35. The number of methoxy groups -OCH3 is 2. The fraction of sp³-hybridized carbons (Fsp3) is 0.346. The number of urea groups is 1. The molecule has 2 amide bonds. The van der Waals surface area contributed by atoms with Crippen molar-refractivity contribution < 1.29 is 14.3 Å². The lowest BCUT2D eigenvalue weighted by molar-refractivity contribution is 0.208. The van der Waals surface area contributed by atoms with Crippen LogP contribution in [-0.4, -0.2) is 61.5 Å². The first-order valence-electron chi connectivity index (χ1n) is 11.3. The smallest absolute Gasteiger partial charge is 0.322 e. The molecule has 1 aromatic heterocycles. The summed E-state index contributed by atoms with van der Waals surface area (Å²) in [6.07, 6.45) is 0. The minimum absolute atomic E-state index is 0.158. The zero-order chi connectivity index (χ0) is 24.2. The summed E-state index contributed by atoms with van der Waals surface area (Å²) in [4.78, 5) is 16.7. The van der Waals surface area contributed by atoms with Gasteiger partial charge in [0.1, 0.15) is 11.5 Å². The highest BCUT2D eigenvalue weighted by Crippen LogP contribution is 2.29. The molecular weight excluding hydrogens is 430 g/mol. The summed E-state index contributed by atoms with van der Waals surface area (Å²) in [6, 6.07) is 13.5. The largest absolute Gasteiger partial charge is 0.497 e. The molecule has 0 spiro atoms. The highest BCUT2D eigenvalue weighted by molar-refractivity contribution is 5.91. The number of aryl methyl sites for hydroxylation is 3. The van der Waals surface area contributed by atoms with E-state index < -0.39 is 0 Å². The van der Waals surface area contributed by atoms with Gasteiger partial charge in [-0.1, -0.05) is 6.07 Å². The first-order chi connectivity index (χ1) is 16.4. The van der Waals surface area contributed by atoms with Crippen LogP contribution in [0.15, 0.2) is 42.5 Å². The normalized spacial score (nSPS) is 13.6. The number of nitrogens with one attached hydrogen (secondary N) is 1. The molecule has 0 bridgehead atoms. The molecule has 34 heavy (non-hydrogen) atoms. The molecule has 3 aromatic rings. The Morgan fingerprint density at radius 1 is 0.853 bits per heavy atom. The van der Waals surface area contributed by atoms with Crippen LogP contribution in [0.3, 0.4) is 0 Å². The van der Waals surface area contributed by atoms with Gasteiger partial charge in [-0.3, -0.25) is 0 Å². The van der Waals surface area contributed by atoms with E-state index in [1.54, 1.807) is 37.3 Å². The van der Waals surface area contributed by atoms with Gasteiger partial charge >= 0.3 is 6.03 Å². The maximum atomic E-state index is 12.8. The molecular formula is C26H31N5O3. The molecule has 0 atom stereocenters. The Kier molecular flexibility index (Phi) is 6.86. The molecule has 1 aliphatic rings. The molecule has 178 valence electrons. The molecule has 0 unspecified atom stereocenters. The molecule has 4 rings (SSSR count). The summed E-state index contributed by atoms with van der Waals surface area (Å²) < 4.78 is 10.6. The number of anilines is 2. The van der Waals surface area contributed by atoms with Crippen molar-refractivity contribution in [2.45, 2.75) is 20.8 Å². The van der Waals surface area contributed by atoms with E-state index in [2.05, 4.69) is 53.3 Å². The van der Waals surface area contributed by atoms with Crippen LogP contribution >= 0.6 is 0 Å². The summed E-state index contributed by atoms with van der Waals surface area (Å²) in [5, 5.41) is 11.9. The van der Waals surface area contributed by atoms with Gasteiger partial charge in [0.25, 0.3) is 0 Å². The van der Waals surface area contributed by atoms with Crippen molar-refractivity contribution in [3.05, 3.63) is 59.2 Å². The Labute approximate surface area is 200 Å². The lowest BCUT2D eigenvalue weighted by atomic mass is 9.99. The van der Waals surface area contributed by atoms with Gasteiger partial charge in [-0.25, -0.2) is 4.79 Å². The summed E-state index contributed by atoms with van der Waals surface area (Å²) >= 11 is 0. The Morgan fingerprint density at radius 3 is 2.24 bits per heavy atom. The summed E-state index contributed by atoms with van der Waals surface area (Å²) in [7, 11) is 3.16. The molecule has 1 aliphatic heterocycles. The fourth-order valence-electron chi connectivity index (χ4n) is 4.11. The van der Waals surface area contributed by atoms with Crippen molar-refractivity contribution in [2.24, 2.45) is 0 Å². The van der Waals surface area contributed by atoms with E-state index in [0.717, 1.165) is 17.1 Å². The maximum absolute atomic E-state index is 12.8. The first-order valence-corrected chi connectivity index (χ1v) is 11.3. The van der Waals surface area contributed by atoms with Crippen LogP contribution in [0.4, 0.5) is 16.3 Å². The van der Waals surface area contributed by atoms with Crippen molar-refractivity contribution in [2.75, 3.05) is 50.6 Å². The summed E-state index contributed by atoms with van der Waals surface area (Å²) in [6.45, 7) is 8.87. The number of nitrogens with zero attached hydrogens (tertiary/aromatic N) is 4. The van der Waals surface area contributed by atoms with E-state index in [4.69, 9.17) is 9.47 Å². The van der Waals surface area contributed by atoms with Gasteiger partial charge in [-0.2, -0.15) is 0 Å². The van der Waals surface area contributed by atoms with Crippen LogP contribution < -0.4 is 19.7 Å². The van der Waals surface area contributed by atoms with E-state index in [1.807, 2.05) is 12.1 Å². The van der Waals surface area contributed by atoms with Gasteiger partial charge in [0.15, 0.2) is 5.82 Å². The topological polar surface area (TPSA) is 79.8 Å². The number of piperazine rings is 1. The molecule has 2 aromatic carbocycles. The van der Waals surface area contributed by atoms with Gasteiger partial charge in [-0.15, -0.1) is 10.2 Å². The number of rotatable bonds is 5. The molecule has 1 N–H and O–H groups in total.